The molecule has 2 aromatic carbocycles. The van der Waals surface area contributed by atoms with E-state index in [1.807, 2.05) is 30.3 Å². The summed E-state index contributed by atoms with van der Waals surface area (Å²) < 4.78 is 2.12. The maximum atomic E-state index is 10.8. The first-order valence-corrected chi connectivity index (χ1v) is 10.9. The first-order chi connectivity index (χ1) is 14.3. The van der Waals surface area contributed by atoms with E-state index >= 15 is 0 Å². The van der Waals surface area contributed by atoms with E-state index in [4.69, 9.17) is 5.10 Å². The summed E-state index contributed by atoms with van der Waals surface area (Å²) in [6.07, 6.45) is 5.26. The number of nitrogens with zero attached hydrogens (tertiary/aromatic N) is 3. The molecule has 0 radical (unpaired) electrons. The monoisotopic (exact) mass is 387 g/mol. The lowest BCUT2D eigenvalue weighted by atomic mass is 10.0. The zero-order chi connectivity index (χ0) is 19.6. The predicted molar refractivity (Wildman–Crippen MR) is 115 cm³/mol. The van der Waals surface area contributed by atoms with Crippen LogP contribution in [0.5, 0.6) is 0 Å². The fraction of sp³-hybridized carbons (Fsp3) is 0.400. The van der Waals surface area contributed by atoms with Crippen molar-refractivity contribution < 1.29 is 5.11 Å². The molecular formula is C25H29N3O. The summed E-state index contributed by atoms with van der Waals surface area (Å²) in [5, 5.41) is 15.5. The molecule has 29 heavy (non-hydrogen) atoms. The highest BCUT2D eigenvalue weighted by Gasteiger charge is 2.26. The van der Waals surface area contributed by atoms with E-state index in [1.165, 1.54) is 42.5 Å². The van der Waals surface area contributed by atoms with Crippen molar-refractivity contribution in [2.45, 2.75) is 57.3 Å². The second-order valence-corrected chi connectivity index (χ2v) is 8.42. The van der Waals surface area contributed by atoms with Crippen LogP contribution in [0.4, 0.5) is 0 Å². The molecule has 2 aliphatic rings. The van der Waals surface area contributed by atoms with Gasteiger partial charge in [-0.3, -0.25) is 9.58 Å². The van der Waals surface area contributed by atoms with Crippen LogP contribution in [0, 0.1) is 0 Å². The van der Waals surface area contributed by atoms with Crippen LogP contribution in [-0.2, 0) is 25.9 Å². The fourth-order valence-corrected chi connectivity index (χ4v) is 4.96. The number of fused-ring (bicyclic) bond motifs is 2. The quantitative estimate of drug-likeness (QED) is 0.688. The van der Waals surface area contributed by atoms with Gasteiger partial charge in [0, 0.05) is 25.7 Å². The largest absolute Gasteiger partial charge is 0.382 e. The zero-order valence-electron chi connectivity index (χ0n) is 16.9. The van der Waals surface area contributed by atoms with Crippen LogP contribution >= 0.6 is 0 Å². The Hall–Kier alpha value is -2.43. The molecule has 0 saturated carbocycles. The number of hydrogen-bond acceptors (Lipinski definition) is 3. The summed E-state index contributed by atoms with van der Waals surface area (Å²) in [5.41, 5.74) is 5.96. The Morgan fingerprint density at radius 3 is 2.31 bits per heavy atom. The van der Waals surface area contributed by atoms with E-state index in [1.54, 1.807) is 0 Å². The third-order valence-electron chi connectivity index (χ3n) is 6.59. The third-order valence-corrected chi connectivity index (χ3v) is 6.59. The van der Waals surface area contributed by atoms with Crippen molar-refractivity contribution in [3.05, 3.63) is 88.7 Å². The van der Waals surface area contributed by atoms with Gasteiger partial charge in [0.15, 0.2) is 0 Å². The minimum atomic E-state index is -0.656. The van der Waals surface area contributed by atoms with Gasteiger partial charge in [-0.05, 0) is 54.9 Å². The molecule has 4 nitrogen and oxygen atoms in total. The molecular weight excluding hydrogens is 358 g/mol. The van der Waals surface area contributed by atoms with Gasteiger partial charge in [0.2, 0.25) is 0 Å². The van der Waals surface area contributed by atoms with Crippen molar-refractivity contribution in [3.8, 4) is 0 Å². The van der Waals surface area contributed by atoms with Crippen molar-refractivity contribution >= 4 is 0 Å². The van der Waals surface area contributed by atoms with Gasteiger partial charge in [0.1, 0.15) is 6.10 Å². The molecule has 150 valence electrons. The number of benzene rings is 2. The first kappa shape index (κ1) is 18.6. The SMILES string of the molecule is OC(c1ccccc1)c1cc2n(n1)CCCN(C1CCc3ccccc3CC1)C2. The van der Waals surface area contributed by atoms with Gasteiger partial charge in [0.05, 0.1) is 11.4 Å². The van der Waals surface area contributed by atoms with Crippen LogP contribution in [0.25, 0.3) is 0 Å². The Morgan fingerprint density at radius 2 is 1.59 bits per heavy atom. The second-order valence-electron chi connectivity index (χ2n) is 8.42. The lowest BCUT2D eigenvalue weighted by molar-refractivity contribution is 0.173. The fourth-order valence-electron chi connectivity index (χ4n) is 4.96. The predicted octanol–water partition coefficient (Wildman–Crippen LogP) is 4.12. The Kier molecular flexibility index (Phi) is 5.21. The molecule has 5 rings (SSSR count). The smallest absolute Gasteiger partial charge is 0.123 e. The van der Waals surface area contributed by atoms with Crippen LogP contribution in [0.3, 0.4) is 0 Å². The number of aliphatic hydroxyl groups is 1. The summed E-state index contributed by atoms with van der Waals surface area (Å²) >= 11 is 0. The summed E-state index contributed by atoms with van der Waals surface area (Å²) in [6.45, 7) is 2.98. The highest BCUT2D eigenvalue weighted by molar-refractivity contribution is 5.29. The molecule has 0 fully saturated rings. The van der Waals surface area contributed by atoms with Gasteiger partial charge >= 0.3 is 0 Å². The van der Waals surface area contributed by atoms with Crippen molar-refractivity contribution in [2.24, 2.45) is 0 Å². The molecule has 0 spiro atoms. The zero-order valence-corrected chi connectivity index (χ0v) is 16.9. The van der Waals surface area contributed by atoms with Crippen molar-refractivity contribution in [3.63, 3.8) is 0 Å². The van der Waals surface area contributed by atoms with Gasteiger partial charge in [0.25, 0.3) is 0 Å². The molecule has 1 aromatic heterocycles. The molecule has 0 bridgehead atoms. The Morgan fingerprint density at radius 1 is 0.897 bits per heavy atom. The minimum Gasteiger partial charge on any atom is -0.382 e. The maximum absolute atomic E-state index is 10.8. The van der Waals surface area contributed by atoms with Crippen molar-refractivity contribution in [1.82, 2.24) is 14.7 Å². The second kappa shape index (κ2) is 8.13. The number of aromatic nitrogens is 2. The number of hydrogen-bond donors (Lipinski definition) is 1. The summed E-state index contributed by atoms with van der Waals surface area (Å²) in [6, 6.07) is 21.5. The average Bonchev–Trinajstić information content (AvgIpc) is 2.92. The summed E-state index contributed by atoms with van der Waals surface area (Å²) in [4.78, 5) is 2.66. The van der Waals surface area contributed by atoms with Crippen LogP contribution in [0.15, 0.2) is 60.7 Å². The number of rotatable bonds is 3. The highest BCUT2D eigenvalue weighted by atomic mass is 16.3. The molecule has 1 atom stereocenters. The van der Waals surface area contributed by atoms with Gasteiger partial charge < -0.3 is 5.11 Å². The molecule has 1 aliphatic heterocycles. The minimum absolute atomic E-state index is 0.617. The Balaban J connectivity index is 1.33. The van der Waals surface area contributed by atoms with E-state index in [0.717, 1.165) is 37.3 Å². The van der Waals surface area contributed by atoms with Gasteiger partial charge in [-0.15, -0.1) is 0 Å². The molecule has 1 unspecified atom stereocenters. The lowest BCUT2D eigenvalue weighted by Crippen LogP contribution is -2.35. The molecule has 1 N–H and O–H groups in total. The van der Waals surface area contributed by atoms with Crippen LogP contribution < -0.4 is 0 Å². The highest BCUT2D eigenvalue weighted by Crippen LogP contribution is 2.28. The molecule has 1 aliphatic carbocycles. The Bertz CT molecular complexity index is 938. The van der Waals surface area contributed by atoms with E-state index in [0.29, 0.717) is 6.04 Å². The third kappa shape index (κ3) is 3.87. The normalized spacial score (nSPS) is 19.1. The lowest BCUT2D eigenvalue weighted by Gasteiger charge is -2.29. The van der Waals surface area contributed by atoms with E-state index in [2.05, 4.69) is 39.9 Å². The van der Waals surface area contributed by atoms with Crippen LogP contribution in [-0.4, -0.2) is 32.4 Å². The first-order valence-electron chi connectivity index (χ1n) is 10.9. The number of aliphatic hydroxyl groups excluding tert-OH is 1. The molecule has 2 heterocycles. The van der Waals surface area contributed by atoms with Crippen molar-refractivity contribution in [1.29, 1.82) is 0 Å². The topological polar surface area (TPSA) is 41.3 Å². The summed E-state index contributed by atoms with van der Waals surface area (Å²) in [5.74, 6) is 0. The van der Waals surface area contributed by atoms with Gasteiger partial charge in [-0.25, -0.2) is 0 Å². The molecule has 3 aromatic rings. The van der Waals surface area contributed by atoms with Crippen LogP contribution in [0.2, 0.25) is 0 Å². The van der Waals surface area contributed by atoms with Gasteiger partial charge in [-0.2, -0.15) is 5.10 Å². The van der Waals surface area contributed by atoms with E-state index < -0.39 is 6.10 Å². The number of aryl methyl sites for hydroxylation is 3. The van der Waals surface area contributed by atoms with E-state index in [9.17, 15) is 5.11 Å². The van der Waals surface area contributed by atoms with Crippen LogP contribution in [0.1, 0.15) is 53.4 Å². The standard InChI is InChI=1S/C25H29N3O/c29-25(21-9-2-1-3-10-21)24-17-23-18-27(15-6-16-28(23)26-24)22-13-11-19-7-4-5-8-20(19)12-14-22/h1-5,7-10,17,22,25,29H,6,11-16,18H2. The molecule has 4 heteroatoms. The van der Waals surface area contributed by atoms with Crippen molar-refractivity contribution in [2.75, 3.05) is 6.54 Å². The summed E-state index contributed by atoms with van der Waals surface area (Å²) in [7, 11) is 0. The molecule has 0 saturated heterocycles. The van der Waals surface area contributed by atoms with Gasteiger partial charge in [-0.1, -0.05) is 54.6 Å². The Labute approximate surface area is 172 Å². The maximum Gasteiger partial charge on any atom is 0.123 e. The molecule has 0 amide bonds. The average molecular weight is 388 g/mol. The van der Waals surface area contributed by atoms with E-state index in [-0.39, 0.29) is 0 Å².